The van der Waals surface area contributed by atoms with Crippen molar-refractivity contribution < 1.29 is 9.47 Å². The molecule has 2 atom stereocenters. The van der Waals surface area contributed by atoms with Crippen LogP contribution in [-0.2, 0) is 16.0 Å². The predicted octanol–water partition coefficient (Wildman–Crippen LogP) is 1.52. The van der Waals surface area contributed by atoms with Crippen LogP contribution in [0.2, 0.25) is 5.02 Å². The topological polar surface area (TPSA) is 65.4 Å². The average Bonchev–Trinajstić information content (AvgIpc) is 3.23. The Balaban J connectivity index is 1.73. The number of nitrogens with one attached hydrogen (secondary N) is 1. The summed E-state index contributed by atoms with van der Waals surface area (Å²) in [5.74, 6) is 0.652. The zero-order valence-corrected chi connectivity index (χ0v) is 12.8. The van der Waals surface area contributed by atoms with Gasteiger partial charge in [-0.3, -0.25) is 4.79 Å². The van der Waals surface area contributed by atoms with Gasteiger partial charge in [0.1, 0.15) is 5.02 Å². The lowest BCUT2D eigenvalue weighted by Gasteiger charge is -2.21. The highest BCUT2D eigenvalue weighted by atomic mass is 35.5. The lowest BCUT2D eigenvalue weighted by Crippen LogP contribution is -2.33. The maximum absolute atomic E-state index is 12.1. The van der Waals surface area contributed by atoms with E-state index in [0.29, 0.717) is 24.8 Å². The lowest BCUT2D eigenvalue weighted by atomic mass is 10.1. The number of anilines is 1. The zero-order valence-electron chi connectivity index (χ0n) is 12.0. The highest BCUT2D eigenvalue weighted by molar-refractivity contribution is 6.32. The fourth-order valence-electron chi connectivity index (χ4n) is 2.76. The largest absolute Gasteiger partial charge is 0.383 e. The molecule has 0 aromatic carbocycles. The number of hydrogen-bond acceptors (Lipinski definition) is 5. The van der Waals surface area contributed by atoms with Gasteiger partial charge < -0.3 is 14.8 Å². The predicted molar refractivity (Wildman–Crippen MR) is 79.9 cm³/mol. The summed E-state index contributed by atoms with van der Waals surface area (Å²) in [4.78, 5) is 12.1. The van der Waals surface area contributed by atoms with Crippen LogP contribution in [0.25, 0.3) is 0 Å². The van der Waals surface area contributed by atoms with Crippen molar-refractivity contribution in [3.8, 4) is 0 Å². The quantitative estimate of drug-likeness (QED) is 0.862. The van der Waals surface area contributed by atoms with Gasteiger partial charge in [0, 0.05) is 13.7 Å². The second-order valence-corrected chi connectivity index (χ2v) is 5.98. The Morgan fingerprint density at radius 1 is 1.52 bits per heavy atom. The molecule has 1 aliphatic carbocycles. The summed E-state index contributed by atoms with van der Waals surface area (Å²) in [6, 6.07) is 0.214. The van der Waals surface area contributed by atoms with E-state index in [-0.39, 0.29) is 22.7 Å². The van der Waals surface area contributed by atoms with Gasteiger partial charge in [0.2, 0.25) is 0 Å². The maximum atomic E-state index is 12.1. The Morgan fingerprint density at radius 3 is 3.05 bits per heavy atom. The summed E-state index contributed by atoms with van der Waals surface area (Å²) in [6.45, 7) is 1.58. The molecule has 0 spiro atoms. The third kappa shape index (κ3) is 3.22. The highest BCUT2D eigenvalue weighted by Crippen LogP contribution is 2.39. The Kier molecular flexibility index (Phi) is 4.47. The minimum atomic E-state index is -0.291. The van der Waals surface area contributed by atoms with Crippen molar-refractivity contribution in [1.29, 1.82) is 0 Å². The first-order valence-corrected chi connectivity index (χ1v) is 7.71. The fourth-order valence-corrected chi connectivity index (χ4v) is 2.96. The molecule has 0 bridgehead atoms. The molecule has 116 valence electrons. The molecule has 21 heavy (non-hydrogen) atoms. The van der Waals surface area contributed by atoms with E-state index in [2.05, 4.69) is 10.4 Å². The van der Waals surface area contributed by atoms with Crippen molar-refractivity contribution in [3.05, 3.63) is 21.6 Å². The van der Waals surface area contributed by atoms with E-state index in [1.807, 2.05) is 0 Å². The molecule has 0 amide bonds. The molecule has 1 aromatic rings. The van der Waals surface area contributed by atoms with Gasteiger partial charge in [-0.05, 0) is 25.2 Å². The molecule has 1 aliphatic heterocycles. The van der Waals surface area contributed by atoms with Gasteiger partial charge in [-0.15, -0.1) is 0 Å². The molecule has 7 heteroatoms. The molecule has 2 aliphatic rings. The number of aromatic nitrogens is 2. The van der Waals surface area contributed by atoms with E-state index in [1.54, 1.807) is 13.3 Å². The normalized spacial score (nSPS) is 25.2. The summed E-state index contributed by atoms with van der Waals surface area (Å²) >= 11 is 6.18. The van der Waals surface area contributed by atoms with Crippen LogP contribution in [-0.4, -0.2) is 42.2 Å². The summed E-state index contributed by atoms with van der Waals surface area (Å²) in [7, 11) is 1.58. The molecule has 6 nitrogen and oxygen atoms in total. The van der Waals surface area contributed by atoms with Gasteiger partial charge in [0.05, 0.1) is 37.2 Å². The second-order valence-electron chi connectivity index (χ2n) is 5.61. The molecule has 1 saturated heterocycles. The number of nitrogens with zero attached hydrogens (tertiary/aromatic N) is 2. The summed E-state index contributed by atoms with van der Waals surface area (Å²) in [6.07, 6.45) is 5.24. The number of halogens is 1. The Labute approximate surface area is 128 Å². The summed E-state index contributed by atoms with van der Waals surface area (Å²) in [5.41, 5.74) is 0.303. The van der Waals surface area contributed by atoms with Crippen LogP contribution in [0.4, 0.5) is 5.69 Å². The van der Waals surface area contributed by atoms with Crippen LogP contribution >= 0.6 is 11.6 Å². The van der Waals surface area contributed by atoms with Crippen LogP contribution in [0.5, 0.6) is 0 Å². The van der Waals surface area contributed by atoms with Crippen LogP contribution in [0, 0.1) is 5.92 Å². The Bertz CT molecular complexity index is 559. The van der Waals surface area contributed by atoms with E-state index in [9.17, 15) is 4.79 Å². The maximum Gasteiger partial charge on any atom is 0.287 e. The molecule has 1 saturated carbocycles. The van der Waals surface area contributed by atoms with Gasteiger partial charge in [-0.2, -0.15) is 5.10 Å². The van der Waals surface area contributed by atoms with E-state index in [1.165, 1.54) is 17.5 Å². The average molecular weight is 314 g/mol. The highest BCUT2D eigenvalue weighted by Gasteiger charge is 2.40. The number of ether oxygens (including phenoxy) is 2. The van der Waals surface area contributed by atoms with E-state index < -0.39 is 0 Å². The molecule has 0 radical (unpaired) electrons. The molecule has 1 aromatic heterocycles. The van der Waals surface area contributed by atoms with Gasteiger partial charge >= 0.3 is 0 Å². The van der Waals surface area contributed by atoms with Crippen LogP contribution in [0.15, 0.2) is 11.0 Å². The molecular weight excluding hydrogens is 294 g/mol. The third-order valence-corrected chi connectivity index (χ3v) is 4.42. The number of hydrogen-bond donors (Lipinski definition) is 1. The van der Waals surface area contributed by atoms with Crippen molar-refractivity contribution in [1.82, 2.24) is 9.78 Å². The van der Waals surface area contributed by atoms with Gasteiger partial charge in [0.15, 0.2) is 0 Å². The first kappa shape index (κ1) is 14.8. The molecule has 2 unspecified atom stereocenters. The van der Waals surface area contributed by atoms with Crippen molar-refractivity contribution in [2.75, 3.05) is 25.6 Å². The molecule has 2 heterocycles. The standard InChI is InChI=1S/C14H20ClN3O3/c1-20-7-5-18-14(19)12(15)11(8-16-18)17-10-4-6-21-13(10)9-2-3-9/h8-10,13,17H,2-7H2,1H3. The minimum absolute atomic E-state index is 0.183. The van der Waals surface area contributed by atoms with Crippen LogP contribution < -0.4 is 10.9 Å². The van der Waals surface area contributed by atoms with Crippen molar-refractivity contribution >= 4 is 17.3 Å². The first-order chi connectivity index (χ1) is 10.2. The van der Waals surface area contributed by atoms with Crippen molar-refractivity contribution in [3.63, 3.8) is 0 Å². The van der Waals surface area contributed by atoms with Gasteiger partial charge in [-0.25, -0.2) is 4.68 Å². The van der Waals surface area contributed by atoms with Crippen LogP contribution in [0.1, 0.15) is 19.3 Å². The van der Waals surface area contributed by atoms with Gasteiger partial charge in [-0.1, -0.05) is 11.6 Å². The van der Waals surface area contributed by atoms with Gasteiger partial charge in [0.25, 0.3) is 5.56 Å². The zero-order chi connectivity index (χ0) is 14.8. The molecule has 1 N–H and O–H groups in total. The second kappa shape index (κ2) is 6.34. The number of methoxy groups -OCH3 is 1. The fraction of sp³-hybridized carbons (Fsp3) is 0.714. The SMILES string of the molecule is COCCn1ncc(NC2CCOC2C2CC2)c(Cl)c1=O. The van der Waals surface area contributed by atoms with Crippen molar-refractivity contribution in [2.45, 2.75) is 38.0 Å². The van der Waals surface area contributed by atoms with E-state index in [0.717, 1.165) is 13.0 Å². The summed E-state index contributed by atoms with van der Waals surface area (Å²) < 4.78 is 12.1. The monoisotopic (exact) mass is 313 g/mol. The summed E-state index contributed by atoms with van der Waals surface area (Å²) in [5, 5.41) is 7.66. The Morgan fingerprint density at radius 2 is 2.33 bits per heavy atom. The number of rotatable bonds is 6. The third-order valence-electron chi connectivity index (χ3n) is 4.06. The molecule has 2 fully saturated rings. The first-order valence-electron chi connectivity index (χ1n) is 7.33. The smallest absolute Gasteiger partial charge is 0.287 e. The van der Waals surface area contributed by atoms with E-state index >= 15 is 0 Å². The molecule has 3 rings (SSSR count). The molecular formula is C14H20ClN3O3. The lowest BCUT2D eigenvalue weighted by molar-refractivity contribution is 0.0898. The van der Waals surface area contributed by atoms with E-state index in [4.69, 9.17) is 21.1 Å². The van der Waals surface area contributed by atoms with Crippen LogP contribution in [0.3, 0.4) is 0 Å². The minimum Gasteiger partial charge on any atom is -0.383 e. The van der Waals surface area contributed by atoms with Crippen molar-refractivity contribution in [2.24, 2.45) is 5.92 Å². The Hall–Kier alpha value is -1.11.